The van der Waals surface area contributed by atoms with E-state index in [-0.39, 0.29) is 18.3 Å². The highest BCUT2D eigenvalue weighted by Gasteiger charge is 2.16. The number of amides is 1. The number of alkyl halides is 2. The second kappa shape index (κ2) is 6.40. The van der Waals surface area contributed by atoms with Gasteiger partial charge in [0.05, 0.1) is 6.04 Å². The average Bonchev–Trinajstić information content (AvgIpc) is 2.17. The topological polar surface area (TPSA) is 55.1 Å². The van der Waals surface area contributed by atoms with E-state index in [1.54, 1.807) is 12.1 Å². The number of nitrogens with two attached hydrogens (primary N) is 1. The SMILES string of the molecule is CC(=O)Nc1ccc([C@@H](N)C(F)F)cc1.Cl. The van der Waals surface area contributed by atoms with Crippen LogP contribution in [0.1, 0.15) is 18.5 Å². The van der Waals surface area contributed by atoms with Crippen LogP contribution in [0.5, 0.6) is 0 Å². The molecular weight excluding hydrogens is 238 g/mol. The monoisotopic (exact) mass is 250 g/mol. The average molecular weight is 251 g/mol. The summed E-state index contributed by atoms with van der Waals surface area (Å²) in [6, 6.07) is 4.75. The zero-order chi connectivity index (χ0) is 11.4. The number of anilines is 1. The first kappa shape index (κ1) is 14.8. The van der Waals surface area contributed by atoms with Crippen molar-refractivity contribution in [1.29, 1.82) is 0 Å². The van der Waals surface area contributed by atoms with E-state index >= 15 is 0 Å². The third-order valence-corrected chi connectivity index (χ3v) is 1.89. The summed E-state index contributed by atoms with van der Waals surface area (Å²) in [4.78, 5) is 10.7. The summed E-state index contributed by atoms with van der Waals surface area (Å²) in [6.07, 6.45) is -2.59. The zero-order valence-electron chi connectivity index (χ0n) is 8.61. The molecule has 0 aromatic heterocycles. The summed E-state index contributed by atoms with van der Waals surface area (Å²) in [6.45, 7) is 1.37. The van der Waals surface area contributed by atoms with Gasteiger partial charge in [0.15, 0.2) is 0 Å². The molecule has 1 atom stereocenters. The molecule has 0 aliphatic heterocycles. The van der Waals surface area contributed by atoms with E-state index < -0.39 is 12.5 Å². The molecular formula is C10H13ClF2N2O. The van der Waals surface area contributed by atoms with Crippen LogP contribution in [0, 0.1) is 0 Å². The van der Waals surface area contributed by atoms with Crippen LogP contribution < -0.4 is 11.1 Å². The molecule has 0 aliphatic carbocycles. The molecule has 0 saturated carbocycles. The number of rotatable bonds is 3. The fraction of sp³-hybridized carbons (Fsp3) is 0.300. The van der Waals surface area contributed by atoms with Crippen LogP contribution in [0.25, 0.3) is 0 Å². The highest BCUT2D eigenvalue weighted by molar-refractivity contribution is 5.88. The summed E-state index contributed by atoms with van der Waals surface area (Å²) in [5, 5.41) is 2.53. The first-order valence-corrected chi connectivity index (χ1v) is 4.42. The first-order valence-electron chi connectivity index (χ1n) is 4.42. The largest absolute Gasteiger partial charge is 0.326 e. The second-order valence-corrected chi connectivity index (χ2v) is 3.16. The van der Waals surface area contributed by atoms with Crippen molar-refractivity contribution in [2.24, 2.45) is 5.73 Å². The van der Waals surface area contributed by atoms with Gasteiger partial charge in [0.1, 0.15) is 0 Å². The van der Waals surface area contributed by atoms with Gasteiger partial charge in [-0.05, 0) is 17.7 Å². The van der Waals surface area contributed by atoms with Gasteiger partial charge in [-0.25, -0.2) is 8.78 Å². The molecule has 0 bridgehead atoms. The quantitative estimate of drug-likeness (QED) is 0.865. The Kier molecular flexibility index (Phi) is 5.92. The molecule has 90 valence electrons. The number of hydrogen-bond donors (Lipinski definition) is 2. The van der Waals surface area contributed by atoms with Gasteiger partial charge in [-0.1, -0.05) is 12.1 Å². The lowest BCUT2D eigenvalue weighted by molar-refractivity contribution is -0.114. The van der Waals surface area contributed by atoms with Crippen LogP contribution in [-0.4, -0.2) is 12.3 Å². The molecule has 0 saturated heterocycles. The zero-order valence-corrected chi connectivity index (χ0v) is 9.43. The van der Waals surface area contributed by atoms with Crippen LogP contribution in [0.15, 0.2) is 24.3 Å². The van der Waals surface area contributed by atoms with Crippen molar-refractivity contribution in [3.05, 3.63) is 29.8 Å². The Bertz CT molecular complexity index is 343. The molecule has 1 aromatic rings. The molecule has 0 spiro atoms. The molecule has 1 rings (SSSR count). The van der Waals surface area contributed by atoms with Gasteiger partial charge in [-0.3, -0.25) is 4.79 Å². The Hall–Kier alpha value is -1.20. The molecule has 0 heterocycles. The van der Waals surface area contributed by atoms with E-state index in [2.05, 4.69) is 5.32 Å². The highest BCUT2D eigenvalue weighted by atomic mass is 35.5. The maximum Gasteiger partial charge on any atom is 0.257 e. The summed E-state index contributed by atoms with van der Waals surface area (Å²) < 4.78 is 24.5. The highest BCUT2D eigenvalue weighted by Crippen LogP contribution is 2.19. The van der Waals surface area contributed by atoms with Crippen LogP contribution in [-0.2, 0) is 4.79 Å². The van der Waals surface area contributed by atoms with Crippen LogP contribution in [0.2, 0.25) is 0 Å². The van der Waals surface area contributed by atoms with Crippen LogP contribution in [0.3, 0.4) is 0 Å². The molecule has 3 nitrogen and oxygen atoms in total. The predicted octanol–water partition coefficient (Wildman–Crippen LogP) is 2.33. The molecule has 6 heteroatoms. The maximum absolute atomic E-state index is 12.2. The molecule has 1 aromatic carbocycles. The summed E-state index contributed by atoms with van der Waals surface area (Å²) in [5.74, 6) is -0.207. The lowest BCUT2D eigenvalue weighted by atomic mass is 10.1. The van der Waals surface area contributed by atoms with Gasteiger partial charge in [0.25, 0.3) is 6.43 Å². The molecule has 3 N–H and O–H groups in total. The van der Waals surface area contributed by atoms with Crippen molar-refractivity contribution < 1.29 is 13.6 Å². The van der Waals surface area contributed by atoms with Gasteiger partial charge < -0.3 is 11.1 Å². The van der Waals surface area contributed by atoms with Crippen molar-refractivity contribution in [3.63, 3.8) is 0 Å². The van der Waals surface area contributed by atoms with E-state index in [0.717, 1.165) is 0 Å². The Morgan fingerprint density at radius 3 is 2.19 bits per heavy atom. The van der Waals surface area contributed by atoms with Crippen molar-refractivity contribution in [2.75, 3.05) is 5.32 Å². The molecule has 0 unspecified atom stereocenters. The Morgan fingerprint density at radius 2 is 1.81 bits per heavy atom. The van der Waals surface area contributed by atoms with Gasteiger partial charge >= 0.3 is 0 Å². The smallest absolute Gasteiger partial charge is 0.257 e. The first-order chi connectivity index (χ1) is 7.00. The van der Waals surface area contributed by atoms with Crippen LogP contribution in [0.4, 0.5) is 14.5 Å². The standard InChI is InChI=1S/C10H12F2N2O.ClH/c1-6(15)14-8-4-2-7(3-5-8)9(13)10(11)12;/h2-5,9-10H,13H2,1H3,(H,14,15);1H/t9-;/m1./s1. The normalized spacial score (nSPS) is 11.8. The second-order valence-electron chi connectivity index (χ2n) is 3.16. The lowest BCUT2D eigenvalue weighted by Crippen LogP contribution is -2.18. The summed E-state index contributed by atoms with van der Waals surface area (Å²) in [7, 11) is 0. The number of carbonyl (C=O) groups excluding carboxylic acids is 1. The summed E-state index contributed by atoms with van der Waals surface area (Å²) >= 11 is 0. The fourth-order valence-electron chi connectivity index (χ4n) is 1.14. The van der Waals surface area contributed by atoms with Gasteiger partial charge in [0.2, 0.25) is 5.91 Å². The lowest BCUT2D eigenvalue weighted by Gasteiger charge is -2.11. The molecule has 1 amide bonds. The third-order valence-electron chi connectivity index (χ3n) is 1.89. The van der Waals surface area contributed by atoms with Crippen molar-refractivity contribution in [3.8, 4) is 0 Å². The van der Waals surface area contributed by atoms with Crippen molar-refractivity contribution in [2.45, 2.75) is 19.4 Å². The van der Waals surface area contributed by atoms with Gasteiger partial charge in [-0.15, -0.1) is 12.4 Å². The van der Waals surface area contributed by atoms with Crippen LogP contribution >= 0.6 is 12.4 Å². The molecule has 0 fully saturated rings. The molecule has 16 heavy (non-hydrogen) atoms. The number of carbonyl (C=O) groups is 1. The van der Waals surface area contributed by atoms with E-state index in [1.165, 1.54) is 19.1 Å². The molecule has 0 radical (unpaired) electrons. The Morgan fingerprint density at radius 1 is 1.31 bits per heavy atom. The van der Waals surface area contributed by atoms with E-state index in [0.29, 0.717) is 11.3 Å². The van der Waals surface area contributed by atoms with Gasteiger partial charge in [-0.2, -0.15) is 0 Å². The fourth-order valence-corrected chi connectivity index (χ4v) is 1.14. The summed E-state index contributed by atoms with van der Waals surface area (Å²) in [5.41, 5.74) is 6.16. The molecule has 0 aliphatic rings. The minimum absolute atomic E-state index is 0. The van der Waals surface area contributed by atoms with E-state index in [9.17, 15) is 13.6 Å². The minimum Gasteiger partial charge on any atom is -0.326 e. The number of hydrogen-bond acceptors (Lipinski definition) is 2. The number of nitrogens with one attached hydrogen (secondary N) is 1. The van der Waals surface area contributed by atoms with Crippen molar-refractivity contribution in [1.82, 2.24) is 0 Å². The Balaban J connectivity index is 0.00000225. The van der Waals surface area contributed by atoms with E-state index in [1.807, 2.05) is 0 Å². The minimum atomic E-state index is -2.59. The maximum atomic E-state index is 12.2. The predicted molar refractivity (Wildman–Crippen MR) is 60.9 cm³/mol. The van der Waals surface area contributed by atoms with Crippen molar-refractivity contribution >= 4 is 24.0 Å². The Labute approximate surface area is 98.4 Å². The third kappa shape index (κ3) is 4.12. The number of benzene rings is 1. The van der Waals surface area contributed by atoms with Gasteiger partial charge in [0, 0.05) is 12.6 Å². The van der Waals surface area contributed by atoms with E-state index in [4.69, 9.17) is 5.73 Å². The number of halogens is 3.